The Balaban J connectivity index is 1.71. The van der Waals surface area contributed by atoms with Crippen molar-refractivity contribution in [1.29, 1.82) is 0 Å². The smallest absolute Gasteiger partial charge is 0.333 e. The number of alkyl halides is 6. The summed E-state index contributed by atoms with van der Waals surface area (Å²) in [6.07, 6.45) is -8.22. The number of nitrogens with zero attached hydrogens (tertiary/aromatic N) is 1. The van der Waals surface area contributed by atoms with E-state index >= 15 is 0 Å². The number of nitrogens with one attached hydrogen (secondary N) is 1. The lowest BCUT2D eigenvalue weighted by Gasteiger charge is -2.39. The molecular weight excluding hydrogens is 489 g/mol. The van der Waals surface area contributed by atoms with Gasteiger partial charge in [-0.25, -0.2) is 4.39 Å². The van der Waals surface area contributed by atoms with Gasteiger partial charge in [-0.05, 0) is 86.7 Å². The highest BCUT2D eigenvalue weighted by atomic mass is 19.4. The Labute approximate surface area is 204 Å². The van der Waals surface area contributed by atoms with Gasteiger partial charge < -0.3 is 10.2 Å². The van der Waals surface area contributed by atoms with Crippen LogP contribution >= 0.6 is 0 Å². The number of hydrogen-bond donors (Lipinski definition) is 1. The Morgan fingerprint density at radius 1 is 0.972 bits per heavy atom. The second kappa shape index (κ2) is 9.68. The lowest BCUT2D eigenvalue weighted by atomic mass is 9.78. The molecule has 3 atom stereocenters. The summed E-state index contributed by atoms with van der Waals surface area (Å²) >= 11 is 0. The molecule has 1 aliphatic heterocycles. The largest absolute Gasteiger partial charge is 0.416 e. The van der Waals surface area contributed by atoms with E-state index in [9.17, 15) is 35.5 Å². The number of carbonyl (C=O) groups is 1. The van der Waals surface area contributed by atoms with Crippen LogP contribution in [0, 0.1) is 18.7 Å². The Morgan fingerprint density at radius 2 is 1.58 bits per heavy atom. The Kier molecular flexibility index (Phi) is 7.11. The van der Waals surface area contributed by atoms with E-state index in [0.717, 1.165) is 5.56 Å². The lowest BCUT2D eigenvalue weighted by Crippen LogP contribution is -2.47. The summed E-state index contributed by atoms with van der Waals surface area (Å²) in [4.78, 5) is 15.4. The van der Waals surface area contributed by atoms with Gasteiger partial charge in [-0.2, -0.15) is 26.3 Å². The van der Waals surface area contributed by atoms with Gasteiger partial charge in [-0.1, -0.05) is 6.07 Å². The molecule has 3 nitrogen and oxygen atoms in total. The minimum Gasteiger partial charge on any atom is -0.333 e. The summed E-state index contributed by atoms with van der Waals surface area (Å²) in [5.74, 6) is -1.54. The number of carbonyl (C=O) groups excluding carboxylic acids is 1. The van der Waals surface area contributed by atoms with E-state index in [1.54, 1.807) is 13.0 Å². The highest BCUT2D eigenvalue weighted by molar-refractivity contribution is 5.81. The van der Waals surface area contributed by atoms with Gasteiger partial charge in [0.15, 0.2) is 0 Å². The van der Waals surface area contributed by atoms with Gasteiger partial charge in [0.05, 0.1) is 17.2 Å². The fourth-order valence-corrected chi connectivity index (χ4v) is 5.15. The van der Waals surface area contributed by atoms with Gasteiger partial charge in [0.2, 0.25) is 5.91 Å². The molecule has 1 saturated heterocycles. The first-order valence-corrected chi connectivity index (χ1v) is 11.9. The van der Waals surface area contributed by atoms with Crippen molar-refractivity contribution >= 4 is 5.91 Å². The number of amides is 1. The fraction of sp³-hybridized carbons (Fsp3) is 0.500. The maximum atomic E-state index is 13.9. The average Bonchev–Trinajstić information content (AvgIpc) is 3.63. The van der Waals surface area contributed by atoms with Crippen molar-refractivity contribution in [2.45, 2.75) is 63.5 Å². The van der Waals surface area contributed by atoms with Crippen molar-refractivity contribution < 1.29 is 35.5 Å². The van der Waals surface area contributed by atoms with Crippen molar-refractivity contribution in [2.75, 3.05) is 13.1 Å². The number of rotatable bonds is 5. The number of piperidine rings is 1. The first-order valence-electron chi connectivity index (χ1n) is 11.9. The molecule has 196 valence electrons. The van der Waals surface area contributed by atoms with Crippen LogP contribution in [0.25, 0.3) is 0 Å². The third-order valence-corrected chi connectivity index (χ3v) is 7.13. The molecule has 36 heavy (non-hydrogen) atoms. The van der Waals surface area contributed by atoms with Crippen LogP contribution in [0.5, 0.6) is 0 Å². The van der Waals surface area contributed by atoms with Gasteiger partial charge in [-0.15, -0.1) is 0 Å². The number of benzene rings is 2. The minimum absolute atomic E-state index is 0.0969. The third kappa shape index (κ3) is 5.53. The van der Waals surface area contributed by atoms with Gasteiger partial charge in [0.1, 0.15) is 5.82 Å². The molecule has 10 heteroatoms. The van der Waals surface area contributed by atoms with E-state index in [-0.39, 0.29) is 29.5 Å². The van der Waals surface area contributed by atoms with Crippen LogP contribution in [0.1, 0.15) is 66.0 Å². The van der Waals surface area contributed by atoms with Crippen molar-refractivity contribution in [3.8, 4) is 0 Å². The summed E-state index contributed by atoms with van der Waals surface area (Å²) < 4.78 is 94.4. The van der Waals surface area contributed by atoms with Crippen LogP contribution in [0.2, 0.25) is 0 Å². The van der Waals surface area contributed by atoms with Crippen molar-refractivity contribution in [3.05, 3.63) is 70.0 Å². The first kappa shape index (κ1) is 26.4. The molecular formula is C26H27F7N2O. The lowest BCUT2D eigenvalue weighted by molar-refractivity contribution is -0.143. The number of aryl methyl sites for hydroxylation is 1. The normalized spacial score (nSPS) is 21.8. The highest BCUT2D eigenvalue weighted by Gasteiger charge is 2.44. The van der Waals surface area contributed by atoms with Crippen LogP contribution in [0.4, 0.5) is 30.7 Å². The molecule has 2 fully saturated rings. The van der Waals surface area contributed by atoms with E-state index < -0.39 is 41.3 Å². The quantitative estimate of drug-likeness (QED) is 0.454. The zero-order valence-electron chi connectivity index (χ0n) is 19.8. The SMILES string of the molecule is Cc1cc(F)ccc1[C@@H]1CNCC[C@H]1C(=O)N(C1CC1)C(C)c1cc(C(F)(F)F)cc(C(F)(F)F)c1. The molecule has 0 spiro atoms. The molecule has 4 rings (SSSR count). The third-order valence-electron chi connectivity index (χ3n) is 7.13. The molecule has 0 aromatic heterocycles. The molecule has 2 aromatic rings. The van der Waals surface area contributed by atoms with Gasteiger partial charge in [0, 0.05) is 24.4 Å². The summed E-state index contributed by atoms with van der Waals surface area (Å²) in [7, 11) is 0. The summed E-state index contributed by atoms with van der Waals surface area (Å²) in [5, 5.41) is 3.24. The second-order valence-corrected chi connectivity index (χ2v) is 9.70. The minimum atomic E-state index is -4.97. The maximum absolute atomic E-state index is 13.9. The zero-order valence-corrected chi connectivity index (χ0v) is 19.8. The van der Waals surface area contributed by atoms with Crippen LogP contribution < -0.4 is 5.32 Å². The fourth-order valence-electron chi connectivity index (χ4n) is 5.15. The summed E-state index contributed by atoms with van der Waals surface area (Å²) in [5.41, 5.74) is -1.53. The topological polar surface area (TPSA) is 32.3 Å². The Hall–Kier alpha value is -2.62. The molecule has 2 aromatic carbocycles. The highest BCUT2D eigenvalue weighted by Crippen LogP contribution is 2.43. The molecule has 1 heterocycles. The molecule has 1 amide bonds. The first-order chi connectivity index (χ1) is 16.8. The predicted molar refractivity (Wildman–Crippen MR) is 120 cm³/mol. The van der Waals surface area contributed by atoms with Gasteiger partial charge in [0.25, 0.3) is 0 Å². The van der Waals surface area contributed by atoms with Crippen molar-refractivity contribution in [3.63, 3.8) is 0 Å². The van der Waals surface area contributed by atoms with E-state index in [1.165, 1.54) is 24.0 Å². The van der Waals surface area contributed by atoms with Crippen LogP contribution in [-0.2, 0) is 17.1 Å². The Morgan fingerprint density at radius 3 is 2.11 bits per heavy atom. The Bertz CT molecular complexity index is 1090. The van der Waals surface area contributed by atoms with Crippen LogP contribution in [-0.4, -0.2) is 29.9 Å². The molecule has 2 aliphatic rings. The predicted octanol–water partition coefficient (Wildman–Crippen LogP) is 6.62. The maximum Gasteiger partial charge on any atom is 0.416 e. The van der Waals surface area contributed by atoms with Crippen molar-refractivity contribution in [1.82, 2.24) is 10.2 Å². The zero-order chi connectivity index (χ0) is 26.4. The van der Waals surface area contributed by atoms with Gasteiger partial charge in [-0.3, -0.25) is 4.79 Å². The van der Waals surface area contributed by atoms with E-state index in [4.69, 9.17) is 0 Å². The van der Waals surface area contributed by atoms with Crippen molar-refractivity contribution in [2.24, 2.45) is 5.92 Å². The molecule has 1 N–H and O–H groups in total. The van der Waals surface area contributed by atoms with E-state index in [0.29, 0.717) is 50.0 Å². The number of halogens is 7. The van der Waals surface area contributed by atoms with E-state index in [2.05, 4.69) is 5.32 Å². The van der Waals surface area contributed by atoms with E-state index in [1.807, 2.05) is 0 Å². The standard InChI is InChI=1S/C26H27F7N2O/c1-14-9-19(27)3-6-21(14)23-13-34-8-7-22(23)24(36)35(20-4-5-20)15(2)16-10-17(25(28,29)30)12-18(11-16)26(31,32)33/h3,6,9-12,15,20,22-23,34H,4-5,7-8,13H2,1-2H3/t15?,22-,23+/m1/s1. The molecule has 0 radical (unpaired) electrons. The van der Waals surface area contributed by atoms with Crippen LogP contribution in [0.3, 0.4) is 0 Å². The molecule has 0 bridgehead atoms. The molecule has 1 saturated carbocycles. The monoisotopic (exact) mass is 516 g/mol. The average molecular weight is 517 g/mol. The summed E-state index contributed by atoms with van der Waals surface area (Å²) in [6, 6.07) is 4.60. The molecule has 1 aliphatic carbocycles. The second-order valence-electron chi connectivity index (χ2n) is 9.70. The van der Waals surface area contributed by atoms with Crippen LogP contribution in [0.15, 0.2) is 36.4 Å². The van der Waals surface area contributed by atoms with Gasteiger partial charge >= 0.3 is 12.4 Å². The number of hydrogen-bond acceptors (Lipinski definition) is 2. The summed E-state index contributed by atoms with van der Waals surface area (Å²) in [6.45, 7) is 4.22. The molecule has 1 unspecified atom stereocenters.